The van der Waals surface area contributed by atoms with Gasteiger partial charge in [0.2, 0.25) is 5.91 Å². The number of nitrogens with zero attached hydrogens (tertiary/aromatic N) is 1. The SMILES string of the molecule is O=C(CN(c1ccccc1F)S(=O)(=O)c1ccccc1)Nc1ccc2ccccc2c1. The fourth-order valence-electron chi connectivity index (χ4n) is 3.27. The Kier molecular flexibility index (Phi) is 5.68. The number of rotatable bonds is 6. The highest BCUT2D eigenvalue weighted by Gasteiger charge is 2.29. The van der Waals surface area contributed by atoms with E-state index >= 15 is 0 Å². The number of carbonyl (C=O) groups excluding carboxylic acids is 1. The van der Waals surface area contributed by atoms with Crippen LogP contribution in [0.15, 0.2) is 102 Å². The van der Waals surface area contributed by atoms with Gasteiger partial charge in [-0.2, -0.15) is 0 Å². The number of amides is 1. The van der Waals surface area contributed by atoms with Crippen LogP contribution in [0.2, 0.25) is 0 Å². The first-order chi connectivity index (χ1) is 14.9. The van der Waals surface area contributed by atoms with Gasteiger partial charge in [-0.05, 0) is 47.2 Å². The summed E-state index contributed by atoms with van der Waals surface area (Å²) >= 11 is 0. The van der Waals surface area contributed by atoms with Crippen molar-refractivity contribution in [3.05, 3.63) is 103 Å². The first-order valence-corrected chi connectivity index (χ1v) is 11.0. The summed E-state index contributed by atoms with van der Waals surface area (Å²) in [6.07, 6.45) is 0. The molecule has 1 N–H and O–H groups in total. The summed E-state index contributed by atoms with van der Waals surface area (Å²) in [4.78, 5) is 12.8. The van der Waals surface area contributed by atoms with Crippen LogP contribution in [0, 0.1) is 5.82 Å². The molecule has 0 saturated carbocycles. The Morgan fingerprint density at radius 1 is 0.806 bits per heavy atom. The first kappa shape index (κ1) is 20.6. The van der Waals surface area contributed by atoms with E-state index in [-0.39, 0.29) is 10.6 Å². The smallest absolute Gasteiger partial charge is 0.264 e. The monoisotopic (exact) mass is 434 g/mol. The molecule has 0 bridgehead atoms. The van der Waals surface area contributed by atoms with Crippen molar-refractivity contribution in [1.29, 1.82) is 0 Å². The fourth-order valence-corrected chi connectivity index (χ4v) is 4.72. The number of fused-ring (bicyclic) bond motifs is 1. The summed E-state index contributed by atoms with van der Waals surface area (Å²) in [5.41, 5.74) is 0.328. The molecule has 0 heterocycles. The van der Waals surface area contributed by atoms with Gasteiger partial charge < -0.3 is 5.32 Å². The lowest BCUT2D eigenvalue weighted by molar-refractivity contribution is -0.114. The van der Waals surface area contributed by atoms with Crippen LogP contribution < -0.4 is 9.62 Å². The average Bonchev–Trinajstić information content (AvgIpc) is 2.78. The molecule has 0 saturated heterocycles. The van der Waals surface area contributed by atoms with E-state index in [2.05, 4.69) is 5.32 Å². The minimum Gasteiger partial charge on any atom is -0.324 e. The summed E-state index contributed by atoms with van der Waals surface area (Å²) < 4.78 is 41.7. The van der Waals surface area contributed by atoms with Crippen molar-refractivity contribution in [2.24, 2.45) is 0 Å². The van der Waals surface area contributed by atoms with Crippen LogP contribution >= 0.6 is 0 Å². The van der Waals surface area contributed by atoms with Crippen molar-refractivity contribution < 1.29 is 17.6 Å². The van der Waals surface area contributed by atoms with Crippen LogP contribution in [0.3, 0.4) is 0 Å². The van der Waals surface area contributed by atoms with Gasteiger partial charge in [0.15, 0.2) is 0 Å². The molecule has 0 radical (unpaired) electrons. The molecule has 0 spiro atoms. The van der Waals surface area contributed by atoms with E-state index in [1.54, 1.807) is 30.3 Å². The fraction of sp³-hybridized carbons (Fsp3) is 0.0417. The third kappa shape index (κ3) is 4.41. The summed E-state index contributed by atoms with van der Waals surface area (Å²) in [5, 5.41) is 4.66. The van der Waals surface area contributed by atoms with Gasteiger partial charge in [-0.15, -0.1) is 0 Å². The highest BCUT2D eigenvalue weighted by atomic mass is 32.2. The molecule has 4 aromatic carbocycles. The minimum atomic E-state index is -4.17. The molecule has 0 atom stereocenters. The molecule has 0 aromatic heterocycles. The summed E-state index contributed by atoms with van der Waals surface area (Å²) in [6.45, 7) is -0.578. The number of para-hydroxylation sites is 1. The van der Waals surface area contributed by atoms with Gasteiger partial charge in [-0.25, -0.2) is 12.8 Å². The van der Waals surface area contributed by atoms with Crippen molar-refractivity contribution in [1.82, 2.24) is 0 Å². The molecule has 0 aliphatic heterocycles. The van der Waals surface area contributed by atoms with Crippen LogP contribution in [-0.2, 0) is 14.8 Å². The number of sulfonamides is 1. The largest absolute Gasteiger partial charge is 0.324 e. The van der Waals surface area contributed by atoms with E-state index in [1.165, 1.54) is 30.3 Å². The molecule has 7 heteroatoms. The Hall–Kier alpha value is -3.71. The second kappa shape index (κ2) is 8.57. The van der Waals surface area contributed by atoms with Gasteiger partial charge in [0.1, 0.15) is 12.4 Å². The normalized spacial score (nSPS) is 11.3. The van der Waals surface area contributed by atoms with Gasteiger partial charge in [0.05, 0.1) is 10.6 Å². The van der Waals surface area contributed by atoms with E-state index < -0.39 is 28.3 Å². The van der Waals surface area contributed by atoms with E-state index in [0.29, 0.717) is 5.69 Å². The molecule has 0 fully saturated rings. The standard InChI is InChI=1S/C24H19FN2O3S/c25-22-12-6-7-13-23(22)27(31(29,30)21-10-2-1-3-11-21)17-24(28)26-20-15-14-18-8-4-5-9-19(18)16-20/h1-16H,17H2,(H,26,28). The van der Waals surface area contributed by atoms with Crippen molar-refractivity contribution >= 4 is 38.1 Å². The quantitative estimate of drug-likeness (QED) is 0.473. The van der Waals surface area contributed by atoms with E-state index in [1.807, 2.05) is 30.3 Å². The van der Waals surface area contributed by atoms with Crippen LogP contribution in [-0.4, -0.2) is 20.9 Å². The van der Waals surface area contributed by atoms with Crippen LogP contribution in [0.25, 0.3) is 10.8 Å². The minimum absolute atomic E-state index is 0.0308. The highest BCUT2D eigenvalue weighted by molar-refractivity contribution is 7.92. The molecule has 5 nitrogen and oxygen atoms in total. The molecule has 4 rings (SSSR count). The van der Waals surface area contributed by atoms with Crippen LogP contribution in [0.5, 0.6) is 0 Å². The van der Waals surface area contributed by atoms with Gasteiger partial charge in [0, 0.05) is 5.69 Å². The van der Waals surface area contributed by atoms with Crippen molar-refractivity contribution in [3.8, 4) is 0 Å². The maximum Gasteiger partial charge on any atom is 0.264 e. The molecule has 1 amide bonds. The number of anilines is 2. The predicted molar refractivity (Wildman–Crippen MR) is 120 cm³/mol. The molecule has 0 aliphatic rings. The lowest BCUT2D eigenvalue weighted by Gasteiger charge is -2.24. The topological polar surface area (TPSA) is 66.5 Å². The Labute approximate surface area is 179 Å². The number of nitrogens with one attached hydrogen (secondary N) is 1. The van der Waals surface area contributed by atoms with Crippen molar-refractivity contribution in [2.45, 2.75) is 4.90 Å². The van der Waals surface area contributed by atoms with E-state index in [9.17, 15) is 17.6 Å². The number of hydrogen-bond donors (Lipinski definition) is 1. The van der Waals surface area contributed by atoms with Gasteiger partial charge in [0.25, 0.3) is 10.0 Å². The molecule has 4 aromatic rings. The zero-order chi connectivity index (χ0) is 21.8. The molecule has 0 aliphatic carbocycles. The van der Waals surface area contributed by atoms with Crippen LogP contribution in [0.1, 0.15) is 0 Å². The Morgan fingerprint density at radius 3 is 2.19 bits per heavy atom. The number of benzene rings is 4. The Balaban J connectivity index is 1.65. The number of hydrogen-bond acceptors (Lipinski definition) is 3. The van der Waals surface area contributed by atoms with E-state index in [0.717, 1.165) is 21.1 Å². The zero-order valence-corrected chi connectivity index (χ0v) is 17.2. The van der Waals surface area contributed by atoms with Gasteiger partial charge in [-0.1, -0.05) is 60.7 Å². The molecule has 31 heavy (non-hydrogen) atoms. The maximum absolute atomic E-state index is 14.5. The highest BCUT2D eigenvalue weighted by Crippen LogP contribution is 2.26. The van der Waals surface area contributed by atoms with Crippen molar-refractivity contribution in [2.75, 3.05) is 16.2 Å². The summed E-state index contributed by atoms with van der Waals surface area (Å²) in [6, 6.07) is 26.2. The molecular weight excluding hydrogens is 415 g/mol. The molecule has 0 unspecified atom stereocenters. The first-order valence-electron chi connectivity index (χ1n) is 9.56. The molecular formula is C24H19FN2O3S. The Morgan fingerprint density at radius 2 is 1.45 bits per heavy atom. The van der Waals surface area contributed by atoms with Crippen molar-refractivity contribution in [3.63, 3.8) is 0 Å². The second-order valence-corrected chi connectivity index (χ2v) is 8.75. The maximum atomic E-state index is 14.5. The Bertz CT molecular complexity index is 1340. The van der Waals surface area contributed by atoms with Gasteiger partial charge in [-0.3, -0.25) is 9.10 Å². The lowest BCUT2D eigenvalue weighted by atomic mass is 10.1. The average molecular weight is 434 g/mol. The third-order valence-corrected chi connectivity index (χ3v) is 6.55. The second-order valence-electron chi connectivity index (χ2n) is 6.89. The summed E-state index contributed by atoms with van der Waals surface area (Å²) in [5.74, 6) is -1.32. The third-order valence-electron chi connectivity index (χ3n) is 4.77. The molecule has 156 valence electrons. The lowest BCUT2D eigenvalue weighted by Crippen LogP contribution is -2.38. The zero-order valence-electron chi connectivity index (χ0n) is 16.4. The van der Waals surface area contributed by atoms with Crippen LogP contribution in [0.4, 0.5) is 15.8 Å². The number of halogens is 1. The van der Waals surface area contributed by atoms with E-state index in [4.69, 9.17) is 0 Å². The predicted octanol–water partition coefficient (Wildman–Crippen LogP) is 4.81. The van der Waals surface area contributed by atoms with Gasteiger partial charge >= 0.3 is 0 Å². The summed E-state index contributed by atoms with van der Waals surface area (Å²) in [7, 11) is -4.17. The number of carbonyl (C=O) groups is 1.